The van der Waals surface area contributed by atoms with Crippen molar-refractivity contribution >= 4 is 16.9 Å². The Kier molecular flexibility index (Phi) is 1.73. The van der Waals surface area contributed by atoms with Gasteiger partial charge in [0.25, 0.3) is 0 Å². The number of nitrogens with one attached hydrogen (secondary N) is 1. The van der Waals surface area contributed by atoms with Crippen LogP contribution in [0, 0.1) is 11.6 Å². The third kappa shape index (κ3) is 1.06. The third-order valence-electron chi connectivity index (χ3n) is 1.93. The van der Waals surface area contributed by atoms with E-state index in [-0.39, 0.29) is 10.9 Å². The first-order valence-electron chi connectivity index (χ1n) is 3.80. The normalized spacial score (nSPS) is 10.7. The minimum absolute atomic E-state index is 0.0533. The fourth-order valence-electron chi connectivity index (χ4n) is 1.30. The predicted octanol–water partition coefficient (Wildman–Crippen LogP) is 2.14. The highest BCUT2D eigenvalue weighted by Gasteiger charge is 2.18. The van der Waals surface area contributed by atoms with Crippen LogP contribution in [0.4, 0.5) is 8.78 Å². The summed E-state index contributed by atoms with van der Waals surface area (Å²) in [6.07, 6.45) is 0. The van der Waals surface area contributed by atoms with E-state index >= 15 is 0 Å². The Morgan fingerprint density at radius 3 is 2.64 bits per heavy atom. The molecular weight excluding hydrogens is 192 g/mol. The minimum Gasteiger partial charge on any atom is -0.476 e. The molecule has 14 heavy (non-hydrogen) atoms. The predicted molar refractivity (Wildman–Crippen MR) is 45.2 cm³/mol. The van der Waals surface area contributed by atoms with E-state index in [2.05, 4.69) is 4.98 Å². The second-order valence-corrected chi connectivity index (χ2v) is 2.78. The lowest BCUT2D eigenvalue weighted by atomic mass is 10.2. The lowest BCUT2D eigenvalue weighted by Gasteiger charge is -1.89. The molecule has 0 radical (unpaired) electrons. The maximum absolute atomic E-state index is 13.3. The highest BCUT2D eigenvalue weighted by atomic mass is 19.1. The average Bonchev–Trinajstić information content (AvgIpc) is 2.46. The van der Waals surface area contributed by atoms with Crippen molar-refractivity contribution < 1.29 is 18.7 Å². The molecule has 0 spiro atoms. The molecule has 0 aliphatic heterocycles. The molecule has 0 aliphatic rings. The van der Waals surface area contributed by atoms with Crippen LogP contribution in [0.5, 0.6) is 0 Å². The quantitative estimate of drug-likeness (QED) is 0.735. The number of fused-ring (bicyclic) bond motifs is 1. The molecule has 2 aromatic rings. The number of rotatable bonds is 1. The molecule has 0 saturated carbocycles. The van der Waals surface area contributed by atoms with Crippen molar-refractivity contribution in [2.75, 3.05) is 0 Å². The van der Waals surface area contributed by atoms with E-state index in [1.165, 1.54) is 12.1 Å². The van der Waals surface area contributed by atoms with Crippen molar-refractivity contribution in [3.05, 3.63) is 35.5 Å². The minimum atomic E-state index is -1.45. The van der Waals surface area contributed by atoms with Crippen LogP contribution >= 0.6 is 0 Å². The van der Waals surface area contributed by atoms with E-state index in [1.54, 1.807) is 0 Å². The summed E-state index contributed by atoms with van der Waals surface area (Å²) in [6.45, 7) is 0. The lowest BCUT2D eigenvalue weighted by molar-refractivity contribution is 0.0686. The van der Waals surface area contributed by atoms with Crippen molar-refractivity contribution in [3.8, 4) is 0 Å². The van der Waals surface area contributed by atoms with Crippen molar-refractivity contribution in [2.45, 2.75) is 0 Å². The molecule has 0 amide bonds. The summed E-state index contributed by atoms with van der Waals surface area (Å²) in [5.41, 5.74) is -0.743. The number of aromatic nitrogens is 1. The zero-order valence-electron chi connectivity index (χ0n) is 6.84. The summed E-state index contributed by atoms with van der Waals surface area (Å²) in [4.78, 5) is 12.7. The van der Waals surface area contributed by atoms with E-state index in [4.69, 9.17) is 5.11 Å². The summed E-state index contributed by atoms with van der Waals surface area (Å²) < 4.78 is 26.3. The molecule has 3 nitrogen and oxygen atoms in total. The van der Waals surface area contributed by atoms with Gasteiger partial charge in [-0.3, -0.25) is 0 Å². The van der Waals surface area contributed by atoms with Crippen molar-refractivity contribution in [2.24, 2.45) is 0 Å². The maximum atomic E-state index is 13.3. The molecule has 1 aromatic carbocycles. The molecule has 2 rings (SSSR count). The Morgan fingerprint density at radius 1 is 1.36 bits per heavy atom. The summed E-state index contributed by atoms with van der Waals surface area (Å²) in [5, 5.41) is 8.51. The lowest BCUT2D eigenvalue weighted by Crippen LogP contribution is -1.98. The fourth-order valence-corrected chi connectivity index (χ4v) is 1.30. The van der Waals surface area contributed by atoms with Gasteiger partial charge in [0.1, 0.15) is 5.82 Å². The van der Waals surface area contributed by atoms with Crippen LogP contribution in [0.3, 0.4) is 0 Å². The molecule has 0 fully saturated rings. The molecule has 72 valence electrons. The average molecular weight is 197 g/mol. The van der Waals surface area contributed by atoms with E-state index in [1.807, 2.05) is 0 Å². The molecule has 0 unspecified atom stereocenters. The molecule has 5 heteroatoms. The first-order chi connectivity index (χ1) is 6.61. The number of carboxylic acid groups (broad SMARTS) is 1. The molecule has 1 heterocycles. The van der Waals surface area contributed by atoms with Crippen LogP contribution in [0.15, 0.2) is 18.2 Å². The van der Waals surface area contributed by atoms with E-state index in [0.717, 1.165) is 6.07 Å². The third-order valence-corrected chi connectivity index (χ3v) is 1.93. The van der Waals surface area contributed by atoms with Gasteiger partial charge in [0.15, 0.2) is 11.5 Å². The largest absolute Gasteiger partial charge is 0.476 e. The summed E-state index contributed by atoms with van der Waals surface area (Å²) in [6, 6.07) is 3.76. The standard InChI is InChI=1S/C9H5F2NO2/c10-5-3-1-2-4-6(11)8(9(13)14)12-7(4)5/h1-3,12H,(H,13,14). The molecule has 0 atom stereocenters. The van der Waals surface area contributed by atoms with Gasteiger partial charge < -0.3 is 10.1 Å². The van der Waals surface area contributed by atoms with Crippen molar-refractivity contribution in [3.63, 3.8) is 0 Å². The van der Waals surface area contributed by atoms with Gasteiger partial charge in [-0.05, 0) is 12.1 Å². The Hall–Kier alpha value is -1.91. The van der Waals surface area contributed by atoms with Crippen LogP contribution in [-0.2, 0) is 0 Å². The summed E-state index contributed by atoms with van der Waals surface area (Å²) in [7, 11) is 0. The van der Waals surface area contributed by atoms with E-state index < -0.39 is 23.3 Å². The van der Waals surface area contributed by atoms with E-state index in [9.17, 15) is 13.6 Å². The molecule has 2 N–H and O–H groups in total. The molecule has 0 saturated heterocycles. The molecule has 0 aliphatic carbocycles. The first-order valence-corrected chi connectivity index (χ1v) is 3.80. The number of H-pyrrole nitrogens is 1. The van der Waals surface area contributed by atoms with Crippen LogP contribution in [0.2, 0.25) is 0 Å². The molecule has 0 bridgehead atoms. The Labute approximate surface area is 77.0 Å². The Bertz CT molecular complexity index is 519. The zero-order valence-corrected chi connectivity index (χ0v) is 6.84. The second-order valence-electron chi connectivity index (χ2n) is 2.78. The molecular formula is C9H5F2NO2. The second kappa shape index (κ2) is 2.80. The number of para-hydroxylation sites is 1. The van der Waals surface area contributed by atoms with Crippen LogP contribution in [0.1, 0.15) is 10.5 Å². The summed E-state index contributed by atoms with van der Waals surface area (Å²) in [5.74, 6) is -3.06. The van der Waals surface area contributed by atoms with Crippen LogP contribution in [0.25, 0.3) is 10.9 Å². The number of carboxylic acids is 1. The topological polar surface area (TPSA) is 53.1 Å². The van der Waals surface area contributed by atoms with Gasteiger partial charge in [-0.25, -0.2) is 13.6 Å². The summed E-state index contributed by atoms with van der Waals surface area (Å²) >= 11 is 0. The number of aromatic amines is 1. The Balaban J connectivity index is 2.86. The molecule has 1 aromatic heterocycles. The maximum Gasteiger partial charge on any atom is 0.355 e. The fraction of sp³-hybridized carbons (Fsp3) is 0. The smallest absolute Gasteiger partial charge is 0.355 e. The number of carbonyl (C=O) groups is 1. The number of benzene rings is 1. The van der Waals surface area contributed by atoms with Gasteiger partial charge >= 0.3 is 5.97 Å². The van der Waals surface area contributed by atoms with Crippen molar-refractivity contribution in [1.29, 1.82) is 0 Å². The van der Waals surface area contributed by atoms with Crippen molar-refractivity contribution in [1.82, 2.24) is 4.98 Å². The number of aromatic carboxylic acids is 1. The first kappa shape index (κ1) is 8.68. The van der Waals surface area contributed by atoms with Crippen LogP contribution in [-0.4, -0.2) is 16.1 Å². The van der Waals surface area contributed by atoms with Gasteiger partial charge in [-0.1, -0.05) is 6.07 Å². The van der Waals surface area contributed by atoms with Gasteiger partial charge in [0.2, 0.25) is 0 Å². The number of hydrogen-bond donors (Lipinski definition) is 2. The highest BCUT2D eigenvalue weighted by molar-refractivity contribution is 5.94. The van der Waals surface area contributed by atoms with Gasteiger partial charge in [0.05, 0.1) is 5.52 Å². The number of hydrogen-bond acceptors (Lipinski definition) is 1. The zero-order chi connectivity index (χ0) is 10.3. The Morgan fingerprint density at radius 2 is 2.07 bits per heavy atom. The number of halogens is 2. The van der Waals surface area contributed by atoms with Crippen LogP contribution < -0.4 is 0 Å². The van der Waals surface area contributed by atoms with Gasteiger partial charge in [-0.2, -0.15) is 0 Å². The SMILES string of the molecule is O=C(O)c1[nH]c2c(F)cccc2c1F. The van der Waals surface area contributed by atoms with Gasteiger partial charge in [-0.15, -0.1) is 0 Å². The monoisotopic (exact) mass is 197 g/mol. The van der Waals surface area contributed by atoms with Gasteiger partial charge in [0, 0.05) is 5.39 Å². The highest BCUT2D eigenvalue weighted by Crippen LogP contribution is 2.22. The van der Waals surface area contributed by atoms with E-state index in [0.29, 0.717) is 0 Å².